The summed E-state index contributed by atoms with van der Waals surface area (Å²) in [5.41, 5.74) is 13.0. The van der Waals surface area contributed by atoms with Gasteiger partial charge in [-0.15, -0.1) is 6.42 Å². The van der Waals surface area contributed by atoms with Crippen molar-refractivity contribution in [2.24, 2.45) is 34.2 Å². The van der Waals surface area contributed by atoms with Crippen molar-refractivity contribution in [3.63, 3.8) is 0 Å². The van der Waals surface area contributed by atoms with Gasteiger partial charge in [0.2, 0.25) is 35.4 Å². The molecule has 12 N–H and O–H groups in total. The highest BCUT2D eigenvalue weighted by Gasteiger charge is 2.39. The number of benzene rings is 2. The number of carbonyl (C=O) groups is 9. The lowest BCUT2D eigenvalue weighted by Gasteiger charge is -2.28. The number of amides is 7. The number of nitrogens with one attached hydrogen (secondary N) is 6. The molecule has 414 valence electrons. The number of carbonyl (C=O) groups excluding carboxylic acids is 7. The van der Waals surface area contributed by atoms with E-state index in [1.807, 2.05) is 43.3 Å². The zero-order chi connectivity index (χ0) is 56.9. The fourth-order valence-corrected chi connectivity index (χ4v) is 8.39. The number of rotatable bonds is 17. The number of hydrogen-bond donors (Lipinski definition) is 10. The molecule has 23 heteroatoms. The number of nitrogens with two attached hydrogens (primary N) is 2. The van der Waals surface area contributed by atoms with Gasteiger partial charge in [0.1, 0.15) is 48.3 Å². The van der Waals surface area contributed by atoms with Gasteiger partial charge in [-0.1, -0.05) is 93.0 Å². The van der Waals surface area contributed by atoms with Crippen LogP contribution in [0.2, 0.25) is 0 Å². The normalized spacial score (nSPS) is 24.3. The third-order valence-electron chi connectivity index (χ3n) is 13.0. The Morgan fingerprint density at radius 2 is 1.49 bits per heavy atom. The van der Waals surface area contributed by atoms with Crippen molar-refractivity contribution in [2.45, 2.75) is 109 Å². The highest BCUT2D eigenvalue weighted by atomic mass is 16.5. The van der Waals surface area contributed by atoms with Gasteiger partial charge in [-0.25, -0.2) is 9.59 Å². The van der Waals surface area contributed by atoms with E-state index in [0.29, 0.717) is 23.3 Å². The van der Waals surface area contributed by atoms with Crippen molar-refractivity contribution in [1.29, 1.82) is 0 Å². The van der Waals surface area contributed by atoms with Crippen LogP contribution in [-0.4, -0.2) is 144 Å². The Hall–Kier alpha value is -8.52. The largest absolute Gasteiger partial charge is 0.481 e. The highest BCUT2D eigenvalue weighted by Crippen LogP contribution is 2.20. The molecule has 10 atom stereocenters. The summed E-state index contributed by atoms with van der Waals surface area (Å²) in [6, 6.07) is 6.77. The molecule has 0 fully saturated rings. The second kappa shape index (κ2) is 29.5. The summed E-state index contributed by atoms with van der Waals surface area (Å²) in [4.78, 5) is 128. The highest BCUT2D eigenvalue weighted by molar-refractivity contribution is 6.05. The molecule has 2 bridgehead atoms. The maximum absolute atomic E-state index is 14.5. The van der Waals surface area contributed by atoms with Crippen molar-refractivity contribution >= 4 is 59.2 Å². The number of hydrogen-bond acceptors (Lipinski definition) is 12. The Morgan fingerprint density at radius 3 is 2.12 bits per heavy atom. The van der Waals surface area contributed by atoms with Crippen LogP contribution >= 0.6 is 0 Å². The second-order valence-corrected chi connectivity index (χ2v) is 18.8. The number of likely N-dealkylation sites (N-methyl/N-ethyl adjacent to an activating group) is 1. The number of ether oxygens (including phenoxy) is 2. The molecule has 0 aromatic heterocycles. The number of methoxy groups -OCH3 is 1. The molecular weight excluding hydrogens is 997 g/mol. The first-order valence-corrected chi connectivity index (χ1v) is 24.9. The smallest absolute Gasteiger partial charge is 0.327 e. The van der Waals surface area contributed by atoms with E-state index in [1.54, 1.807) is 44.4 Å². The molecule has 2 aromatic rings. The first-order valence-electron chi connectivity index (χ1n) is 24.9. The lowest BCUT2D eigenvalue weighted by molar-refractivity contribution is -0.146. The average Bonchev–Trinajstić information content (AvgIpc) is 3.79. The molecule has 23 nitrogen and oxygen atoms in total. The van der Waals surface area contributed by atoms with Crippen LogP contribution in [0.5, 0.6) is 5.75 Å². The Bertz CT molecular complexity index is 2630. The number of carboxylic acid groups (broad SMARTS) is 2. The second-order valence-electron chi connectivity index (χ2n) is 18.8. The van der Waals surface area contributed by atoms with Crippen LogP contribution in [0.25, 0.3) is 0 Å². The van der Waals surface area contributed by atoms with E-state index in [-0.39, 0.29) is 56.1 Å². The third-order valence-corrected chi connectivity index (χ3v) is 13.0. The monoisotopic (exact) mass is 1070 g/mol. The number of fused-ring (bicyclic) bond motifs is 1. The summed E-state index contributed by atoms with van der Waals surface area (Å²) < 4.78 is 11.3. The van der Waals surface area contributed by atoms with Crippen LogP contribution in [0, 0.1) is 30.1 Å². The lowest BCUT2D eigenvalue weighted by Crippen LogP contribution is -2.59. The van der Waals surface area contributed by atoms with E-state index < -0.39 is 114 Å². The van der Waals surface area contributed by atoms with Crippen LogP contribution in [0.4, 0.5) is 0 Å². The molecule has 2 heterocycles. The predicted molar refractivity (Wildman–Crippen MR) is 283 cm³/mol. The minimum Gasteiger partial charge on any atom is -0.481 e. The van der Waals surface area contributed by atoms with Crippen LogP contribution in [0.15, 0.2) is 95.2 Å². The molecule has 0 aliphatic carbocycles. The van der Waals surface area contributed by atoms with Gasteiger partial charge in [0, 0.05) is 39.5 Å². The zero-order valence-corrected chi connectivity index (χ0v) is 43.9. The van der Waals surface area contributed by atoms with Gasteiger partial charge in [-0.2, -0.15) is 0 Å². The van der Waals surface area contributed by atoms with E-state index >= 15 is 0 Å². The molecule has 2 aliphatic heterocycles. The Kier molecular flexibility index (Phi) is 23.4. The summed E-state index contributed by atoms with van der Waals surface area (Å²) in [5, 5.41) is 35.9. The van der Waals surface area contributed by atoms with E-state index in [2.05, 4.69) is 42.8 Å². The molecule has 4 rings (SSSR count). The number of aliphatic imine (C=N–C) groups is 1. The van der Waals surface area contributed by atoms with Gasteiger partial charge in [-0.05, 0) is 61.9 Å². The summed E-state index contributed by atoms with van der Waals surface area (Å²) in [6.45, 7) is 6.37. The Balaban J connectivity index is 1.78. The van der Waals surface area contributed by atoms with Gasteiger partial charge < -0.3 is 68.0 Å². The Morgan fingerprint density at radius 1 is 0.844 bits per heavy atom. The Labute approximate surface area is 447 Å². The standard InChI is InChI=1S/C54H70N10O13/c1-8-25-77-36-19-17-35(18-20-36)27-40-50(70)63-45(53(74)75)33(5)47(67)59-38(15-12-24-57-54(55)56)48(68)58-37(21-16-30(2)26-31(3)43(76-7)28-34-13-10-9-11-14-34)32(4)46(66)60-39(52(72)73)22-23-44(65)64(6)42-29-41(49(69)61-40)62-51(42)71/h1,9-11,13-14,16-21,26,29,31-33,37-41,43,45H,12,15,22-25,27-28H2,2-7H3,(H,58,68)(H,59,67)(H,60,66)(H,61,69)(H,62,71)(H,63,70)(H,72,73)(H,74,75)(H4,55,56,57)/b21-16+,30-26+/t31-,32-,33-,37-,38-,39+,40-,41+,43-,45+/m0/s1. The van der Waals surface area contributed by atoms with Crippen LogP contribution in [0.3, 0.4) is 0 Å². The number of terminal acetylenes is 1. The quantitative estimate of drug-likeness (QED) is 0.0333. The summed E-state index contributed by atoms with van der Waals surface area (Å²) in [6.07, 6.45) is 10.7. The third kappa shape index (κ3) is 18.7. The van der Waals surface area contributed by atoms with Gasteiger partial charge in [0.25, 0.3) is 5.91 Å². The molecule has 0 unspecified atom stereocenters. The van der Waals surface area contributed by atoms with Gasteiger partial charge in [-0.3, -0.25) is 38.6 Å². The van der Waals surface area contributed by atoms with Crippen molar-refractivity contribution in [3.8, 4) is 18.1 Å². The van der Waals surface area contributed by atoms with E-state index in [1.165, 1.54) is 27.0 Å². The minimum atomic E-state index is -1.96. The number of carboxylic acids is 2. The summed E-state index contributed by atoms with van der Waals surface area (Å²) in [5.74, 6) is -9.91. The predicted octanol–water partition coefficient (Wildman–Crippen LogP) is 0.191. The van der Waals surface area contributed by atoms with Gasteiger partial charge >= 0.3 is 11.9 Å². The lowest BCUT2D eigenvalue weighted by atomic mass is 9.94. The molecule has 2 aliphatic rings. The van der Waals surface area contributed by atoms with E-state index in [4.69, 9.17) is 27.4 Å². The summed E-state index contributed by atoms with van der Waals surface area (Å²) >= 11 is 0. The number of aliphatic carboxylic acids is 2. The van der Waals surface area contributed by atoms with Gasteiger partial charge in [0.05, 0.1) is 24.0 Å². The fourth-order valence-electron chi connectivity index (χ4n) is 8.39. The topological polar surface area (TPSA) is 352 Å². The maximum Gasteiger partial charge on any atom is 0.327 e. The molecule has 0 spiro atoms. The van der Waals surface area contributed by atoms with Crippen molar-refractivity contribution in [2.75, 3.05) is 27.3 Å². The summed E-state index contributed by atoms with van der Waals surface area (Å²) in [7, 11) is 2.84. The van der Waals surface area contributed by atoms with E-state index in [9.17, 15) is 53.4 Å². The molecule has 2 aromatic carbocycles. The SMILES string of the molecule is C#CCOc1ccc(C[C@@H]2NC(=O)[C@H]3C=C(C(=O)N3)N(C)C(=O)CC[C@H](C(=O)O)NC(=O)[C@@H](C)[C@H](/C=C/C(C)=C/[C@H](C)[C@H](Cc3ccccc3)OC)NC(=O)[C@H](CCCN=C(N)N)NC(=O)[C@@H](C)[C@H](C(=O)O)NC2=O)cc1. The van der Waals surface area contributed by atoms with E-state index in [0.717, 1.165) is 16.5 Å². The average molecular weight is 1070 g/mol. The fraction of sp³-hybridized carbons (Fsp3) is 0.444. The van der Waals surface area contributed by atoms with Gasteiger partial charge in [0.15, 0.2) is 5.96 Å². The number of allylic oxidation sites excluding steroid dienone is 2. The molecular formula is C54H70N10O13. The molecule has 77 heavy (non-hydrogen) atoms. The first kappa shape index (κ1) is 61.0. The van der Waals surface area contributed by atoms with Crippen LogP contribution in [0.1, 0.15) is 64.5 Å². The molecule has 7 amide bonds. The number of nitrogens with zero attached hydrogens (tertiary/aromatic N) is 2. The van der Waals surface area contributed by atoms with Crippen molar-refractivity contribution in [3.05, 3.63) is 101 Å². The van der Waals surface area contributed by atoms with Crippen molar-refractivity contribution in [1.82, 2.24) is 36.8 Å². The molecule has 0 radical (unpaired) electrons. The van der Waals surface area contributed by atoms with Crippen LogP contribution in [-0.2, 0) is 60.7 Å². The molecule has 0 saturated heterocycles. The van der Waals surface area contributed by atoms with Crippen molar-refractivity contribution < 1.29 is 62.8 Å². The minimum absolute atomic E-state index is 0.00663. The number of guanidine groups is 1. The first-order chi connectivity index (χ1) is 36.5. The van der Waals surface area contributed by atoms with Crippen LogP contribution < -0.4 is 48.1 Å². The zero-order valence-electron chi connectivity index (χ0n) is 43.9. The maximum atomic E-state index is 14.5. The molecule has 0 saturated carbocycles.